The predicted octanol–water partition coefficient (Wildman–Crippen LogP) is 5.58. The first-order chi connectivity index (χ1) is 11.3. The second-order valence-electron chi connectivity index (χ2n) is 5.54. The zero-order valence-corrected chi connectivity index (χ0v) is 14.0. The van der Waals surface area contributed by atoms with Crippen LogP contribution < -0.4 is 0 Å². The van der Waals surface area contributed by atoms with E-state index >= 15 is 0 Å². The van der Waals surface area contributed by atoms with Gasteiger partial charge in [-0.25, -0.2) is 4.98 Å². The van der Waals surface area contributed by atoms with Crippen LogP contribution in [-0.2, 0) is 6.42 Å². The standard InChI is InChI=1S/C20H15BrN2/c21-18-11-10-15(16-8-4-5-9-17(16)18)12-20-22-13-19(23-20)14-6-2-1-3-7-14/h1-11,13H,12H2,(H,22,23). The topological polar surface area (TPSA) is 28.7 Å². The fourth-order valence-electron chi connectivity index (χ4n) is 2.88. The molecule has 3 aromatic carbocycles. The van der Waals surface area contributed by atoms with Crippen molar-refractivity contribution in [1.82, 2.24) is 9.97 Å². The van der Waals surface area contributed by atoms with E-state index in [1.165, 1.54) is 16.3 Å². The van der Waals surface area contributed by atoms with Crippen molar-refractivity contribution >= 4 is 26.7 Å². The van der Waals surface area contributed by atoms with Crippen LogP contribution in [0.2, 0.25) is 0 Å². The first-order valence-electron chi connectivity index (χ1n) is 7.57. The lowest BCUT2D eigenvalue weighted by Gasteiger charge is -2.07. The quantitative estimate of drug-likeness (QED) is 0.506. The van der Waals surface area contributed by atoms with Crippen molar-refractivity contribution in [1.29, 1.82) is 0 Å². The van der Waals surface area contributed by atoms with Crippen molar-refractivity contribution in [3.63, 3.8) is 0 Å². The van der Waals surface area contributed by atoms with Crippen LogP contribution >= 0.6 is 15.9 Å². The van der Waals surface area contributed by atoms with Crippen molar-refractivity contribution in [3.05, 3.63) is 88.8 Å². The molecule has 0 spiro atoms. The SMILES string of the molecule is Brc1ccc(Cc2ncc(-c3ccccc3)[nH]2)c2ccccc12. The van der Waals surface area contributed by atoms with Crippen LogP contribution in [0, 0.1) is 0 Å². The van der Waals surface area contributed by atoms with E-state index in [2.05, 4.69) is 74.4 Å². The molecule has 0 aliphatic rings. The Morgan fingerprint density at radius 1 is 0.826 bits per heavy atom. The van der Waals surface area contributed by atoms with E-state index in [4.69, 9.17) is 0 Å². The fourth-order valence-corrected chi connectivity index (χ4v) is 3.35. The van der Waals surface area contributed by atoms with Crippen LogP contribution in [-0.4, -0.2) is 9.97 Å². The van der Waals surface area contributed by atoms with Gasteiger partial charge in [-0.15, -0.1) is 0 Å². The van der Waals surface area contributed by atoms with E-state index in [9.17, 15) is 0 Å². The highest BCUT2D eigenvalue weighted by Gasteiger charge is 2.08. The Bertz CT molecular complexity index is 958. The maximum atomic E-state index is 4.55. The summed E-state index contributed by atoms with van der Waals surface area (Å²) < 4.78 is 1.13. The van der Waals surface area contributed by atoms with E-state index in [0.717, 1.165) is 28.0 Å². The van der Waals surface area contributed by atoms with Crippen molar-refractivity contribution in [3.8, 4) is 11.3 Å². The Kier molecular flexibility index (Phi) is 3.72. The maximum absolute atomic E-state index is 4.55. The molecule has 0 fully saturated rings. The fraction of sp³-hybridized carbons (Fsp3) is 0.0500. The molecule has 0 aliphatic heterocycles. The molecule has 1 N–H and O–H groups in total. The molecular weight excluding hydrogens is 348 g/mol. The number of hydrogen-bond donors (Lipinski definition) is 1. The van der Waals surface area contributed by atoms with Crippen molar-refractivity contribution in [2.24, 2.45) is 0 Å². The third-order valence-corrected chi connectivity index (χ3v) is 4.72. The molecule has 0 radical (unpaired) electrons. The van der Waals surface area contributed by atoms with E-state index < -0.39 is 0 Å². The zero-order valence-electron chi connectivity index (χ0n) is 12.5. The van der Waals surface area contributed by atoms with Gasteiger partial charge >= 0.3 is 0 Å². The molecule has 0 saturated heterocycles. The van der Waals surface area contributed by atoms with Gasteiger partial charge in [0.15, 0.2) is 0 Å². The van der Waals surface area contributed by atoms with Crippen LogP contribution in [0.4, 0.5) is 0 Å². The second-order valence-corrected chi connectivity index (χ2v) is 6.39. The van der Waals surface area contributed by atoms with Crippen molar-refractivity contribution in [2.45, 2.75) is 6.42 Å². The molecule has 112 valence electrons. The lowest BCUT2D eigenvalue weighted by Crippen LogP contribution is -1.93. The van der Waals surface area contributed by atoms with E-state index in [1.54, 1.807) is 0 Å². The van der Waals surface area contributed by atoms with Crippen molar-refractivity contribution < 1.29 is 0 Å². The number of benzene rings is 3. The largest absolute Gasteiger partial charge is 0.342 e. The molecule has 0 atom stereocenters. The summed E-state index contributed by atoms with van der Waals surface area (Å²) in [6.45, 7) is 0. The zero-order chi connectivity index (χ0) is 15.6. The van der Waals surface area contributed by atoms with Crippen LogP contribution in [0.1, 0.15) is 11.4 Å². The van der Waals surface area contributed by atoms with Crippen LogP contribution in [0.5, 0.6) is 0 Å². The number of hydrogen-bond acceptors (Lipinski definition) is 1. The summed E-state index contributed by atoms with van der Waals surface area (Å²) >= 11 is 3.63. The highest BCUT2D eigenvalue weighted by Crippen LogP contribution is 2.28. The van der Waals surface area contributed by atoms with Crippen molar-refractivity contribution in [2.75, 3.05) is 0 Å². The molecule has 1 aromatic heterocycles. The summed E-state index contributed by atoms with van der Waals surface area (Å²) in [6.07, 6.45) is 2.70. The minimum atomic E-state index is 0.792. The van der Waals surface area contributed by atoms with Crippen LogP contribution in [0.3, 0.4) is 0 Å². The lowest BCUT2D eigenvalue weighted by atomic mass is 10.0. The Morgan fingerprint density at radius 3 is 2.39 bits per heavy atom. The maximum Gasteiger partial charge on any atom is 0.110 e. The summed E-state index contributed by atoms with van der Waals surface area (Å²) in [4.78, 5) is 7.98. The molecule has 23 heavy (non-hydrogen) atoms. The Hall–Kier alpha value is -2.39. The average Bonchev–Trinajstić information content (AvgIpc) is 3.07. The smallest absolute Gasteiger partial charge is 0.110 e. The first-order valence-corrected chi connectivity index (χ1v) is 8.36. The van der Waals surface area contributed by atoms with E-state index in [0.29, 0.717) is 0 Å². The molecule has 0 unspecified atom stereocenters. The molecule has 2 nitrogen and oxygen atoms in total. The third kappa shape index (κ3) is 2.80. The lowest BCUT2D eigenvalue weighted by molar-refractivity contribution is 1.03. The van der Waals surface area contributed by atoms with Crippen LogP contribution in [0.15, 0.2) is 77.4 Å². The summed E-state index contributed by atoms with van der Waals surface area (Å²) in [6, 6.07) is 23.0. The summed E-state index contributed by atoms with van der Waals surface area (Å²) in [5.41, 5.74) is 3.49. The molecule has 0 amide bonds. The monoisotopic (exact) mass is 362 g/mol. The van der Waals surface area contributed by atoms with E-state index in [1.807, 2.05) is 24.4 Å². The number of rotatable bonds is 3. The number of halogens is 1. The van der Waals surface area contributed by atoms with Gasteiger partial charge < -0.3 is 4.98 Å². The molecule has 4 rings (SSSR count). The molecule has 0 saturated carbocycles. The van der Waals surface area contributed by atoms with Gasteiger partial charge in [-0.1, -0.05) is 76.6 Å². The Labute approximate surface area is 143 Å². The number of nitrogens with zero attached hydrogens (tertiary/aromatic N) is 1. The summed E-state index contributed by atoms with van der Waals surface area (Å²) in [5.74, 6) is 0.983. The minimum absolute atomic E-state index is 0.792. The van der Waals surface area contributed by atoms with Gasteiger partial charge in [-0.05, 0) is 28.0 Å². The number of imidazole rings is 1. The van der Waals surface area contributed by atoms with Gasteiger partial charge in [0.2, 0.25) is 0 Å². The summed E-state index contributed by atoms with van der Waals surface area (Å²) in [7, 11) is 0. The molecular formula is C20H15BrN2. The number of H-pyrrole nitrogens is 1. The van der Waals surface area contributed by atoms with Gasteiger partial charge in [0, 0.05) is 10.9 Å². The Balaban J connectivity index is 1.70. The first kappa shape index (κ1) is 14.2. The number of nitrogens with one attached hydrogen (secondary N) is 1. The number of fused-ring (bicyclic) bond motifs is 1. The van der Waals surface area contributed by atoms with Gasteiger partial charge in [-0.3, -0.25) is 0 Å². The van der Waals surface area contributed by atoms with Gasteiger partial charge in [0.05, 0.1) is 11.9 Å². The highest BCUT2D eigenvalue weighted by atomic mass is 79.9. The average molecular weight is 363 g/mol. The number of aromatic nitrogens is 2. The predicted molar refractivity (Wildman–Crippen MR) is 98.5 cm³/mol. The van der Waals surface area contributed by atoms with Gasteiger partial charge in [0.1, 0.15) is 5.82 Å². The highest BCUT2D eigenvalue weighted by molar-refractivity contribution is 9.10. The summed E-state index contributed by atoms with van der Waals surface area (Å²) in [5, 5.41) is 2.50. The molecule has 0 bridgehead atoms. The normalized spacial score (nSPS) is 11.0. The Morgan fingerprint density at radius 2 is 1.57 bits per heavy atom. The van der Waals surface area contributed by atoms with Gasteiger partial charge in [0.25, 0.3) is 0 Å². The second kappa shape index (κ2) is 6.01. The number of aromatic amines is 1. The molecule has 1 heterocycles. The molecule has 3 heteroatoms. The third-order valence-electron chi connectivity index (χ3n) is 4.03. The molecule has 0 aliphatic carbocycles. The molecule has 4 aromatic rings. The minimum Gasteiger partial charge on any atom is -0.342 e. The van der Waals surface area contributed by atoms with Gasteiger partial charge in [-0.2, -0.15) is 0 Å². The van der Waals surface area contributed by atoms with Crippen LogP contribution in [0.25, 0.3) is 22.0 Å². The van der Waals surface area contributed by atoms with E-state index in [-0.39, 0.29) is 0 Å².